The number of hydrogen-bond acceptors (Lipinski definition) is 8. The zero-order chi connectivity index (χ0) is 24.8. The Balaban J connectivity index is 1.37. The Bertz CT molecular complexity index is 1120. The highest BCUT2D eigenvalue weighted by molar-refractivity contribution is 5.56. The summed E-state index contributed by atoms with van der Waals surface area (Å²) in [5, 5.41) is 3.14. The molecule has 8 nitrogen and oxygen atoms in total. The fraction of sp³-hybridized carbons (Fsp3) is 0.400. The zero-order valence-electron chi connectivity index (χ0n) is 20.2. The molecule has 0 unspecified atom stereocenters. The SMILES string of the molecule is CCCc1cc(OC)c(F)c(COc2cnc(Nc3ccc(N4CCN(C)CC4)nc3)cn2)c1F. The van der Waals surface area contributed by atoms with Crippen LogP contribution in [0.25, 0.3) is 0 Å². The molecule has 1 saturated heterocycles. The van der Waals surface area contributed by atoms with Crippen molar-refractivity contribution >= 4 is 17.3 Å². The Labute approximate surface area is 203 Å². The Morgan fingerprint density at radius 3 is 2.43 bits per heavy atom. The Kier molecular flexibility index (Phi) is 7.91. The van der Waals surface area contributed by atoms with Gasteiger partial charge in [0.1, 0.15) is 24.1 Å². The summed E-state index contributed by atoms with van der Waals surface area (Å²) in [6.07, 6.45) is 5.84. The fourth-order valence-electron chi connectivity index (χ4n) is 3.88. The van der Waals surface area contributed by atoms with Crippen molar-refractivity contribution in [1.82, 2.24) is 19.9 Å². The van der Waals surface area contributed by atoms with Crippen molar-refractivity contribution in [3.05, 3.63) is 59.6 Å². The number of benzene rings is 1. The van der Waals surface area contributed by atoms with Crippen LogP contribution in [0.1, 0.15) is 24.5 Å². The van der Waals surface area contributed by atoms with Crippen molar-refractivity contribution in [3.63, 3.8) is 0 Å². The minimum Gasteiger partial charge on any atom is -0.494 e. The molecule has 1 N–H and O–H groups in total. The highest BCUT2D eigenvalue weighted by Gasteiger charge is 2.20. The van der Waals surface area contributed by atoms with Gasteiger partial charge in [-0.15, -0.1) is 0 Å². The lowest BCUT2D eigenvalue weighted by molar-refractivity contribution is 0.275. The normalized spacial score (nSPS) is 14.1. The largest absolute Gasteiger partial charge is 0.494 e. The molecule has 0 saturated carbocycles. The lowest BCUT2D eigenvalue weighted by atomic mass is 10.0. The van der Waals surface area contributed by atoms with Gasteiger partial charge in [0.15, 0.2) is 11.6 Å². The second kappa shape index (κ2) is 11.3. The maximum Gasteiger partial charge on any atom is 0.232 e. The van der Waals surface area contributed by atoms with Gasteiger partial charge < -0.3 is 24.6 Å². The van der Waals surface area contributed by atoms with Gasteiger partial charge in [0, 0.05) is 26.2 Å². The van der Waals surface area contributed by atoms with Crippen molar-refractivity contribution in [1.29, 1.82) is 0 Å². The minimum absolute atomic E-state index is 0.00802. The van der Waals surface area contributed by atoms with Crippen molar-refractivity contribution in [2.45, 2.75) is 26.4 Å². The molecule has 186 valence electrons. The van der Waals surface area contributed by atoms with Crippen LogP contribution in [0, 0.1) is 11.6 Å². The van der Waals surface area contributed by atoms with Gasteiger partial charge in [-0.3, -0.25) is 0 Å². The second-order valence-electron chi connectivity index (χ2n) is 8.44. The van der Waals surface area contributed by atoms with Crippen LogP contribution in [-0.2, 0) is 13.0 Å². The zero-order valence-corrected chi connectivity index (χ0v) is 20.2. The van der Waals surface area contributed by atoms with E-state index in [1.807, 2.05) is 19.1 Å². The van der Waals surface area contributed by atoms with E-state index < -0.39 is 11.6 Å². The van der Waals surface area contributed by atoms with Gasteiger partial charge in [0.05, 0.1) is 37.0 Å². The first-order valence-corrected chi connectivity index (χ1v) is 11.6. The summed E-state index contributed by atoms with van der Waals surface area (Å²) in [6.45, 7) is 5.53. The third-order valence-corrected chi connectivity index (χ3v) is 5.91. The van der Waals surface area contributed by atoms with Gasteiger partial charge in [0.25, 0.3) is 0 Å². The number of halogens is 2. The lowest BCUT2D eigenvalue weighted by Gasteiger charge is -2.33. The summed E-state index contributed by atoms with van der Waals surface area (Å²) < 4.78 is 40.0. The van der Waals surface area contributed by atoms with E-state index >= 15 is 0 Å². The predicted molar refractivity (Wildman–Crippen MR) is 130 cm³/mol. The number of aryl methyl sites for hydroxylation is 1. The van der Waals surface area contributed by atoms with Crippen molar-refractivity contribution < 1.29 is 18.3 Å². The number of aromatic nitrogens is 3. The topological polar surface area (TPSA) is 75.6 Å². The molecular formula is C25H30F2N6O2. The molecule has 0 aliphatic carbocycles. The van der Waals surface area contributed by atoms with E-state index in [1.165, 1.54) is 25.6 Å². The number of rotatable bonds is 9. The number of methoxy groups -OCH3 is 1. The van der Waals surface area contributed by atoms with E-state index in [2.05, 4.69) is 37.1 Å². The molecular weight excluding hydrogens is 454 g/mol. The first kappa shape index (κ1) is 24.6. The summed E-state index contributed by atoms with van der Waals surface area (Å²) in [5.41, 5.74) is 0.973. The molecule has 0 radical (unpaired) electrons. The Morgan fingerprint density at radius 1 is 1.00 bits per heavy atom. The Morgan fingerprint density at radius 2 is 1.80 bits per heavy atom. The van der Waals surface area contributed by atoms with Crippen LogP contribution in [0.15, 0.2) is 36.8 Å². The van der Waals surface area contributed by atoms with Crippen LogP contribution in [0.3, 0.4) is 0 Å². The number of nitrogens with zero attached hydrogens (tertiary/aromatic N) is 5. The number of anilines is 3. The molecule has 0 bridgehead atoms. The summed E-state index contributed by atoms with van der Waals surface area (Å²) >= 11 is 0. The molecule has 3 heterocycles. The van der Waals surface area contributed by atoms with Crippen LogP contribution in [0.2, 0.25) is 0 Å². The molecule has 1 aliphatic heterocycles. The average Bonchev–Trinajstić information content (AvgIpc) is 2.88. The highest BCUT2D eigenvalue weighted by atomic mass is 19.1. The number of hydrogen-bond donors (Lipinski definition) is 1. The van der Waals surface area contributed by atoms with Crippen LogP contribution in [0.5, 0.6) is 11.6 Å². The molecule has 1 aromatic carbocycles. The standard InChI is InChI=1S/C25H30F2N6O2/c1-4-5-17-12-20(34-3)25(27)19(24(17)26)16-35-23-15-28-21(14-30-23)31-18-6-7-22(29-13-18)33-10-8-32(2)9-11-33/h6-7,12-15H,4-5,8-11,16H2,1-3H3,(H,28,31). The average molecular weight is 485 g/mol. The van der Waals surface area contributed by atoms with Crippen molar-refractivity contribution in [2.24, 2.45) is 0 Å². The summed E-state index contributed by atoms with van der Waals surface area (Å²) in [5.74, 6) is 0.185. The molecule has 10 heteroatoms. The summed E-state index contributed by atoms with van der Waals surface area (Å²) in [6, 6.07) is 5.31. The first-order valence-electron chi connectivity index (χ1n) is 11.6. The molecule has 4 rings (SSSR count). The highest BCUT2D eigenvalue weighted by Crippen LogP contribution is 2.28. The van der Waals surface area contributed by atoms with Crippen LogP contribution < -0.4 is 19.7 Å². The molecule has 1 aliphatic rings. The van der Waals surface area contributed by atoms with E-state index in [1.54, 1.807) is 6.20 Å². The quantitative estimate of drug-likeness (QED) is 0.485. The van der Waals surface area contributed by atoms with E-state index in [4.69, 9.17) is 9.47 Å². The van der Waals surface area contributed by atoms with Crippen molar-refractivity contribution in [3.8, 4) is 11.6 Å². The van der Waals surface area contributed by atoms with Crippen molar-refractivity contribution in [2.75, 3.05) is 50.6 Å². The van der Waals surface area contributed by atoms with E-state index in [0.29, 0.717) is 17.8 Å². The van der Waals surface area contributed by atoms with Gasteiger partial charge in [-0.1, -0.05) is 13.3 Å². The third-order valence-electron chi connectivity index (χ3n) is 5.91. The van der Waals surface area contributed by atoms with E-state index in [-0.39, 0.29) is 23.8 Å². The van der Waals surface area contributed by atoms with E-state index in [0.717, 1.165) is 44.1 Å². The molecule has 35 heavy (non-hydrogen) atoms. The predicted octanol–water partition coefficient (Wildman–Crippen LogP) is 4.19. The smallest absolute Gasteiger partial charge is 0.232 e. The van der Waals surface area contributed by atoms with E-state index in [9.17, 15) is 8.78 Å². The number of ether oxygens (including phenoxy) is 2. The first-order chi connectivity index (χ1) is 17.0. The molecule has 0 amide bonds. The third kappa shape index (κ3) is 5.94. The number of likely N-dealkylation sites (N-methyl/N-ethyl adjacent to an activating group) is 1. The fourth-order valence-corrected chi connectivity index (χ4v) is 3.88. The second-order valence-corrected chi connectivity index (χ2v) is 8.44. The number of nitrogens with one attached hydrogen (secondary N) is 1. The van der Waals surface area contributed by atoms with Crippen LogP contribution >= 0.6 is 0 Å². The minimum atomic E-state index is -0.774. The maximum atomic E-state index is 14.8. The van der Waals surface area contributed by atoms with Gasteiger partial charge in [-0.2, -0.15) is 0 Å². The monoisotopic (exact) mass is 484 g/mol. The molecule has 2 aromatic heterocycles. The van der Waals surface area contributed by atoms with Gasteiger partial charge in [-0.25, -0.2) is 23.7 Å². The molecule has 1 fully saturated rings. The maximum absolute atomic E-state index is 14.8. The lowest BCUT2D eigenvalue weighted by Crippen LogP contribution is -2.44. The Hall–Kier alpha value is -3.53. The molecule has 0 atom stereocenters. The summed E-state index contributed by atoms with van der Waals surface area (Å²) in [7, 11) is 3.47. The van der Waals surface area contributed by atoms with Crippen LogP contribution in [0.4, 0.5) is 26.1 Å². The number of pyridine rings is 1. The molecule has 3 aromatic rings. The molecule has 0 spiro atoms. The van der Waals surface area contributed by atoms with Crippen LogP contribution in [-0.4, -0.2) is 60.2 Å². The van der Waals surface area contributed by atoms with Gasteiger partial charge in [-0.05, 0) is 37.2 Å². The van der Waals surface area contributed by atoms with Gasteiger partial charge >= 0.3 is 0 Å². The van der Waals surface area contributed by atoms with Gasteiger partial charge in [0.2, 0.25) is 5.88 Å². The number of piperazine rings is 1. The summed E-state index contributed by atoms with van der Waals surface area (Å²) in [4.78, 5) is 17.6.